The Balaban J connectivity index is 1.42. The van der Waals surface area contributed by atoms with E-state index in [9.17, 15) is 4.79 Å². The van der Waals surface area contributed by atoms with Gasteiger partial charge in [0.2, 0.25) is 0 Å². The molecule has 1 N–H and O–H groups in total. The van der Waals surface area contributed by atoms with E-state index < -0.39 is 0 Å². The maximum absolute atomic E-state index is 12.8. The van der Waals surface area contributed by atoms with Gasteiger partial charge in [-0.25, -0.2) is 4.98 Å². The van der Waals surface area contributed by atoms with E-state index in [0.29, 0.717) is 12.2 Å². The number of fused-ring (bicyclic) bond motifs is 1. The maximum Gasteiger partial charge on any atom is 0.251 e. The highest BCUT2D eigenvalue weighted by Gasteiger charge is 2.19. The van der Waals surface area contributed by atoms with Crippen LogP contribution in [-0.2, 0) is 6.54 Å². The molecule has 0 aliphatic carbocycles. The molecule has 5 nitrogen and oxygen atoms in total. The highest BCUT2D eigenvalue weighted by atomic mass is 79.9. The molecule has 1 unspecified atom stereocenters. The van der Waals surface area contributed by atoms with Gasteiger partial charge in [-0.3, -0.25) is 4.79 Å². The zero-order valence-corrected chi connectivity index (χ0v) is 21.4. The number of hydrogen-bond donors (Lipinski definition) is 1. The van der Waals surface area contributed by atoms with Crippen molar-refractivity contribution in [2.75, 3.05) is 6.61 Å². The average Bonchev–Trinajstić information content (AvgIpc) is 3.20. The zero-order valence-electron chi connectivity index (χ0n) is 19.8. The molecule has 1 aromatic heterocycles. The first-order valence-electron chi connectivity index (χ1n) is 11.6. The van der Waals surface area contributed by atoms with Gasteiger partial charge < -0.3 is 14.6 Å². The molecule has 4 rings (SSSR count). The first-order chi connectivity index (χ1) is 16.4. The minimum atomic E-state index is -0.227. The fraction of sp³-hybridized carbons (Fsp3) is 0.286. The molecule has 0 saturated carbocycles. The maximum atomic E-state index is 12.8. The van der Waals surface area contributed by atoms with Crippen LogP contribution in [0.15, 0.2) is 71.2 Å². The van der Waals surface area contributed by atoms with Gasteiger partial charge in [-0.2, -0.15) is 0 Å². The van der Waals surface area contributed by atoms with Crippen LogP contribution in [0.5, 0.6) is 5.75 Å². The van der Waals surface area contributed by atoms with Crippen LogP contribution in [0, 0.1) is 13.8 Å². The molecule has 34 heavy (non-hydrogen) atoms. The summed E-state index contributed by atoms with van der Waals surface area (Å²) in [5, 5.41) is 3.11. The monoisotopic (exact) mass is 519 g/mol. The number of carbonyl (C=O) groups is 1. The molecule has 0 aliphatic heterocycles. The van der Waals surface area contributed by atoms with Gasteiger partial charge in [-0.15, -0.1) is 0 Å². The highest BCUT2D eigenvalue weighted by Crippen LogP contribution is 2.23. The molecule has 0 aliphatic rings. The molecular weight excluding hydrogens is 490 g/mol. The van der Waals surface area contributed by atoms with E-state index in [2.05, 4.69) is 63.9 Å². The average molecular weight is 520 g/mol. The zero-order chi connectivity index (χ0) is 24.1. The third-order valence-corrected chi connectivity index (χ3v) is 6.43. The number of rotatable bonds is 9. The fourth-order valence-corrected chi connectivity index (χ4v) is 4.29. The Labute approximate surface area is 209 Å². The molecule has 176 valence electrons. The van der Waals surface area contributed by atoms with Crippen LogP contribution in [0.4, 0.5) is 0 Å². The molecule has 6 heteroatoms. The minimum absolute atomic E-state index is 0.111. The first-order valence-corrected chi connectivity index (χ1v) is 12.4. The number of benzene rings is 3. The topological polar surface area (TPSA) is 56.1 Å². The first kappa shape index (κ1) is 24.0. The smallest absolute Gasteiger partial charge is 0.251 e. The van der Waals surface area contributed by atoms with Gasteiger partial charge in [0.1, 0.15) is 11.6 Å². The number of unbranched alkanes of at least 4 members (excludes halogenated alkanes) is 1. The number of aryl methyl sites for hydroxylation is 3. The second-order valence-corrected chi connectivity index (χ2v) is 9.55. The molecule has 0 radical (unpaired) electrons. The Bertz CT molecular complexity index is 1280. The second-order valence-electron chi connectivity index (χ2n) is 8.64. The van der Waals surface area contributed by atoms with Crippen LogP contribution in [0.3, 0.4) is 0 Å². The number of amides is 1. The number of hydrogen-bond acceptors (Lipinski definition) is 3. The van der Waals surface area contributed by atoms with Gasteiger partial charge >= 0.3 is 0 Å². The van der Waals surface area contributed by atoms with Crippen molar-refractivity contribution < 1.29 is 9.53 Å². The van der Waals surface area contributed by atoms with Gasteiger partial charge in [0.25, 0.3) is 5.91 Å². The van der Waals surface area contributed by atoms with Crippen molar-refractivity contribution >= 4 is 32.9 Å². The molecule has 0 saturated heterocycles. The van der Waals surface area contributed by atoms with Crippen LogP contribution < -0.4 is 10.1 Å². The highest BCUT2D eigenvalue weighted by molar-refractivity contribution is 9.10. The van der Waals surface area contributed by atoms with E-state index >= 15 is 0 Å². The summed E-state index contributed by atoms with van der Waals surface area (Å²) in [6.45, 7) is 7.61. The Morgan fingerprint density at radius 2 is 1.82 bits per heavy atom. The van der Waals surface area contributed by atoms with Gasteiger partial charge in [0.15, 0.2) is 0 Å². The lowest BCUT2D eigenvalue weighted by Gasteiger charge is -2.17. The van der Waals surface area contributed by atoms with Crippen LogP contribution in [0.25, 0.3) is 11.0 Å². The third kappa shape index (κ3) is 5.68. The SMILES string of the molecule is Cc1ccc(C)c(OCCCCn2c(C(C)NC(=O)c3ccc(Br)cc3)nc3ccccc32)c1. The third-order valence-electron chi connectivity index (χ3n) is 5.90. The number of ether oxygens (including phenoxy) is 1. The molecule has 1 atom stereocenters. The fourth-order valence-electron chi connectivity index (χ4n) is 4.02. The van der Waals surface area contributed by atoms with E-state index in [1.165, 1.54) is 5.56 Å². The van der Waals surface area contributed by atoms with Crippen molar-refractivity contribution in [3.05, 3.63) is 93.7 Å². The standard InChI is InChI=1S/C28H30BrN3O2/c1-19-10-11-20(2)26(18-19)34-17-7-6-16-32-25-9-5-4-8-24(25)31-27(32)21(3)30-28(33)22-12-14-23(29)15-13-22/h4-5,8-15,18,21H,6-7,16-17H2,1-3H3,(H,30,33). The van der Waals surface area contributed by atoms with E-state index in [0.717, 1.165) is 52.0 Å². The van der Waals surface area contributed by atoms with Gasteiger partial charge in [-0.05, 0) is 87.2 Å². The van der Waals surface area contributed by atoms with Crippen LogP contribution in [-0.4, -0.2) is 22.1 Å². The van der Waals surface area contributed by atoms with E-state index in [4.69, 9.17) is 9.72 Å². The molecular formula is C28H30BrN3O2. The summed E-state index contributed by atoms with van der Waals surface area (Å²) in [5.74, 6) is 1.71. The minimum Gasteiger partial charge on any atom is -0.493 e. The van der Waals surface area contributed by atoms with Crippen LogP contribution >= 0.6 is 15.9 Å². The number of nitrogens with zero attached hydrogens (tertiary/aromatic N) is 2. The summed E-state index contributed by atoms with van der Waals surface area (Å²) in [4.78, 5) is 17.6. The Kier molecular flexibility index (Phi) is 7.68. The predicted molar refractivity (Wildman–Crippen MR) is 140 cm³/mol. The van der Waals surface area contributed by atoms with Gasteiger partial charge in [0, 0.05) is 16.6 Å². The summed E-state index contributed by atoms with van der Waals surface area (Å²) in [6, 6.07) is 21.5. The van der Waals surface area contributed by atoms with Crippen LogP contribution in [0.2, 0.25) is 0 Å². The Morgan fingerprint density at radius 1 is 1.06 bits per heavy atom. The number of aromatic nitrogens is 2. The number of nitrogens with one attached hydrogen (secondary N) is 1. The van der Waals surface area contributed by atoms with Crippen molar-refractivity contribution in [2.24, 2.45) is 0 Å². The summed E-state index contributed by atoms with van der Waals surface area (Å²) < 4.78 is 9.19. The molecule has 4 aromatic rings. The van der Waals surface area contributed by atoms with E-state index in [1.807, 2.05) is 49.4 Å². The largest absolute Gasteiger partial charge is 0.493 e. The predicted octanol–water partition coefficient (Wildman–Crippen LogP) is 6.77. The lowest BCUT2D eigenvalue weighted by atomic mass is 10.1. The number of halogens is 1. The van der Waals surface area contributed by atoms with Crippen molar-refractivity contribution in [1.82, 2.24) is 14.9 Å². The summed E-state index contributed by atoms with van der Waals surface area (Å²) in [7, 11) is 0. The van der Waals surface area contributed by atoms with Crippen molar-refractivity contribution in [3.63, 3.8) is 0 Å². The number of para-hydroxylation sites is 2. The lowest BCUT2D eigenvalue weighted by molar-refractivity contribution is 0.0937. The molecule has 3 aromatic carbocycles. The second kappa shape index (κ2) is 10.9. The summed E-state index contributed by atoms with van der Waals surface area (Å²) in [5.41, 5.74) is 5.01. The number of carbonyl (C=O) groups excluding carboxylic acids is 1. The molecule has 1 amide bonds. The number of imidazole rings is 1. The molecule has 0 bridgehead atoms. The lowest BCUT2D eigenvalue weighted by Crippen LogP contribution is -2.28. The summed E-state index contributed by atoms with van der Waals surface area (Å²) >= 11 is 3.41. The Morgan fingerprint density at radius 3 is 2.62 bits per heavy atom. The Hall–Kier alpha value is -3.12. The molecule has 0 spiro atoms. The van der Waals surface area contributed by atoms with Gasteiger partial charge in [0.05, 0.1) is 23.7 Å². The van der Waals surface area contributed by atoms with Crippen molar-refractivity contribution in [3.8, 4) is 5.75 Å². The normalized spacial score (nSPS) is 12.0. The quantitative estimate of drug-likeness (QED) is 0.248. The van der Waals surface area contributed by atoms with E-state index in [1.54, 1.807) is 0 Å². The molecule has 0 fully saturated rings. The van der Waals surface area contributed by atoms with Gasteiger partial charge in [-0.1, -0.05) is 40.2 Å². The van der Waals surface area contributed by atoms with Crippen molar-refractivity contribution in [1.29, 1.82) is 0 Å². The van der Waals surface area contributed by atoms with E-state index in [-0.39, 0.29) is 11.9 Å². The van der Waals surface area contributed by atoms with Crippen molar-refractivity contribution in [2.45, 2.75) is 46.2 Å². The van der Waals surface area contributed by atoms with Crippen LogP contribution in [0.1, 0.15) is 53.1 Å². The molecule has 1 heterocycles. The summed E-state index contributed by atoms with van der Waals surface area (Å²) in [6.07, 6.45) is 1.88.